The number of hydrogen-bond donors (Lipinski definition) is 0. The van der Waals surface area contributed by atoms with Gasteiger partial charge in [0.1, 0.15) is 0 Å². The van der Waals surface area contributed by atoms with E-state index in [0.29, 0.717) is 0 Å². The van der Waals surface area contributed by atoms with Gasteiger partial charge in [0.05, 0.1) is 0 Å². The Kier molecular flexibility index (Phi) is 5.34. The SMILES string of the molecule is C/C(=C\C=C/N(C=O)C(C)C)C(C)(C)C. The fourth-order valence-electron chi connectivity index (χ4n) is 0.866. The van der Waals surface area contributed by atoms with Gasteiger partial charge >= 0.3 is 0 Å². The van der Waals surface area contributed by atoms with Crippen molar-refractivity contribution in [3.05, 3.63) is 23.9 Å². The molecule has 86 valence electrons. The molecule has 0 aromatic heterocycles. The predicted octanol–water partition coefficient (Wildman–Crippen LogP) is 3.36. The van der Waals surface area contributed by atoms with Crippen molar-refractivity contribution in [1.82, 2.24) is 4.90 Å². The summed E-state index contributed by atoms with van der Waals surface area (Å²) in [6.45, 7) is 12.6. The van der Waals surface area contributed by atoms with E-state index in [1.807, 2.05) is 26.1 Å². The van der Waals surface area contributed by atoms with Gasteiger partial charge in [-0.2, -0.15) is 0 Å². The van der Waals surface area contributed by atoms with Gasteiger partial charge in [0.25, 0.3) is 0 Å². The van der Waals surface area contributed by atoms with Gasteiger partial charge in [-0.1, -0.05) is 32.4 Å². The maximum atomic E-state index is 10.7. The number of carbonyl (C=O) groups is 1. The van der Waals surface area contributed by atoms with Crippen molar-refractivity contribution in [3.63, 3.8) is 0 Å². The molecule has 2 nitrogen and oxygen atoms in total. The Morgan fingerprint density at radius 1 is 1.27 bits per heavy atom. The molecule has 0 saturated heterocycles. The number of carbonyl (C=O) groups excluding carboxylic acids is 1. The molecule has 0 bridgehead atoms. The van der Waals surface area contributed by atoms with Gasteiger partial charge in [-0.3, -0.25) is 4.79 Å². The Balaban J connectivity index is 4.48. The van der Waals surface area contributed by atoms with E-state index in [0.717, 1.165) is 6.41 Å². The molecule has 1 amide bonds. The van der Waals surface area contributed by atoms with Crippen molar-refractivity contribution in [2.45, 2.75) is 47.6 Å². The summed E-state index contributed by atoms with van der Waals surface area (Å²) in [5, 5.41) is 0. The molecule has 0 fully saturated rings. The summed E-state index contributed by atoms with van der Waals surface area (Å²) in [4.78, 5) is 12.3. The second-order valence-electron chi connectivity index (χ2n) is 5.09. The summed E-state index contributed by atoms with van der Waals surface area (Å²) in [6, 6.07) is 0.210. The van der Waals surface area contributed by atoms with Crippen LogP contribution in [0.4, 0.5) is 0 Å². The highest BCUT2D eigenvalue weighted by atomic mass is 16.1. The highest BCUT2D eigenvalue weighted by molar-refractivity contribution is 5.49. The van der Waals surface area contributed by atoms with Crippen molar-refractivity contribution in [2.24, 2.45) is 5.41 Å². The molecule has 0 unspecified atom stereocenters. The van der Waals surface area contributed by atoms with E-state index in [9.17, 15) is 4.79 Å². The van der Waals surface area contributed by atoms with Gasteiger partial charge in [-0.25, -0.2) is 0 Å². The summed E-state index contributed by atoms with van der Waals surface area (Å²) in [5.74, 6) is 0. The Labute approximate surface area is 93.7 Å². The summed E-state index contributed by atoms with van der Waals surface area (Å²) in [5.41, 5.74) is 1.49. The molecule has 15 heavy (non-hydrogen) atoms. The Morgan fingerprint density at radius 2 is 1.80 bits per heavy atom. The van der Waals surface area contributed by atoms with Crippen LogP contribution in [0, 0.1) is 5.41 Å². The molecule has 0 N–H and O–H groups in total. The smallest absolute Gasteiger partial charge is 0.213 e. The maximum Gasteiger partial charge on any atom is 0.213 e. The second-order valence-corrected chi connectivity index (χ2v) is 5.09. The fourth-order valence-corrected chi connectivity index (χ4v) is 0.866. The molecule has 0 radical (unpaired) electrons. The lowest BCUT2D eigenvalue weighted by Gasteiger charge is -2.19. The van der Waals surface area contributed by atoms with Crippen LogP contribution in [0.5, 0.6) is 0 Å². The molecule has 0 aliphatic rings. The molecule has 0 aliphatic carbocycles. The molecule has 2 heteroatoms. The monoisotopic (exact) mass is 209 g/mol. The van der Waals surface area contributed by atoms with Gasteiger partial charge in [-0.05, 0) is 32.3 Å². The molecule has 0 spiro atoms. The van der Waals surface area contributed by atoms with Crippen molar-refractivity contribution >= 4 is 6.41 Å². The van der Waals surface area contributed by atoms with E-state index in [-0.39, 0.29) is 11.5 Å². The molecule has 0 atom stereocenters. The van der Waals surface area contributed by atoms with Crippen molar-refractivity contribution < 1.29 is 4.79 Å². The topological polar surface area (TPSA) is 20.3 Å². The molecule has 0 aliphatic heterocycles. The number of amides is 1. The lowest BCUT2D eigenvalue weighted by molar-refractivity contribution is -0.117. The lowest BCUT2D eigenvalue weighted by atomic mass is 9.87. The Morgan fingerprint density at radius 3 is 2.13 bits per heavy atom. The number of rotatable bonds is 4. The van der Waals surface area contributed by atoms with E-state index in [4.69, 9.17) is 0 Å². The summed E-state index contributed by atoms with van der Waals surface area (Å²) in [6.07, 6.45) is 6.64. The Hall–Kier alpha value is -1.05. The van der Waals surface area contributed by atoms with Crippen molar-refractivity contribution in [2.75, 3.05) is 0 Å². The zero-order valence-electron chi connectivity index (χ0n) is 10.7. The molecule has 0 heterocycles. The Bertz CT molecular complexity index is 256. The van der Waals surface area contributed by atoms with E-state index < -0.39 is 0 Å². The average Bonchev–Trinajstić information content (AvgIpc) is 2.09. The van der Waals surface area contributed by atoms with E-state index in [2.05, 4.69) is 33.8 Å². The minimum Gasteiger partial charge on any atom is -0.319 e. The molecular weight excluding hydrogens is 186 g/mol. The van der Waals surface area contributed by atoms with Crippen molar-refractivity contribution in [3.8, 4) is 0 Å². The van der Waals surface area contributed by atoms with Crippen LogP contribution in [0.2, 0.25) is 0 Å². The standard InChI is InChI=1S/C13H23NO/c1-11(2)14(10-15)9-7-8-12(3)13(4,5)6/h7-11H,1-6H3/b9-7-,12-8+. The van der Waals surface area contributed by atoms with Gasteiger partial charge in [-0.15, -0.1) is 0 Å². The lowest BCUT2D eigenvalue weighted by Crippen LogP contribution is -2.23. The quantitative estimate of drug-likeness (QED) is 0.513. The summed E-state index contributed by atoms with van der Waals surface area (Å²) >= 11 is 0. The first-order chi connectivity index (χ1) is 6.79. The van der Waals surface area contributed by atoms with Gasteiger partial charge in [0, 0.05) is 12.2 Å². The van der Waals surface area contributed by atoms with Crippen LogP contribution in [0.3, 0.4) is 0 Å². The highest BCUT2D eigenvalue weighted by Gasteiger charge is 2.10. The minimum atomic E-state index is 0.189. The third-order valence-corrected chi connectivity index (χ3v) is 2.51. The van der Waals surface area contributed by atoms with Crippen LogP contribution in [-0.4, -0.2) is 17.4 Å². The van der Waals surface area contributed by atoms with Crippen LogP contribution in [0.25, 0.3) is 0 Å². The zero-order chi connectivity index (χ0) is 12.1. The fraction of sp³-hybridized carbons (Fsp3) is 0.615. The van der Waals surface area contributed by atoms with Crippen molar-refractivity contribution in [1.29, 1.82) is 0 Å². The largest absolute Gasteiger partial charge is 0.319 e. The zero-order valence-corrected chi connectivity index (χ0v) is 10.7. The van der Waals surface area contributed by atoms with Crippen LogP contribution in [0.1, 0.15) is 41.5 Å². The van der Waals surface area contributed by atoms with Gasteiger partial charge in [0.2, 0.25) is 6.41 Å². The van der Waals surface area contributed by atoms with Gasteiger partial charge in [0.15, 0.2) is 0 Å². The van der Waals surface area contributed by atoms with E-state index in [1.54, 1.807) is 4.90 Å². The summed E-state index contributed by atoms with van der Waals surface area (Å²) in [7, 11) is 0. The normalized spacial score (nSPS) is 13.7. The average molecular weight is 209 g/mol. The van der Waals surface area contributed by atoms with E-state index >= 15 is 0 Å². The molecule has 0 saturated carbocycles. The number of allylic oxidation sites excluding steroid dienone is 3. The highest BCUT2D eigenvalue weighted by Crippen LogP contribution is 2.24. The summed E-state index contributed by atoms with van der Waals surface area (Å²) < 4.78 is 0. The first-order valence-electron chi connectivity index (χ1n) is 5.37. The number of nitrogens with zero attached hydrogens (tertiary/aromatic N) is 1. The molecular formula is C13H23NO. The first kappa shape index (κ1) is 13.9. The molecule has 0 aromatic rings. The predicted molar refractivity (Wildman–Crippen MR) is 65.4 cm³/mol. The van der Waals surface area contributed by atoms with Crippen LogP contribution in [-0.2, 0) is 4.79 Å². The third-order valence-electron chi connectivity index (χ3n) is 2.51. The molecule has 0 aromatic carbocycles. The third kappa shape index (κ3) is 5.40. The van der Waals surface area contributed by atoms with Gasteiger partial charge < -0.3 is 4.90 Å². The minimum absolute atomic E-state index is 0.189. The van der Waals surface area contributed by atoms with Crippen LogP contribution >= 0.6 is 0 Å². The second kappa shape index (κ2) is 5.74. The van der Waals surface area contributed by atoms with Crippen LogP contribution < -0.4 is 0 Å². The first-order valence-corrected chi connectivity index (χ1v) is 5.37. The van der Waals surface area contributed by atoms with E-state index in [1.165, 1.54) is 5.57 Å². The molecule has 0 rings (SSSR count). The maximum absolute atomic E-state index is 10.7. The van der Waals surface area contributed by atoms with Crippen LogP contribution in [0.15, 0.2) is 23.9 Å². The number of hydrogen-bond acceptors (Lipinski definition) is 1.